The van der Waals surface area contributed by atoms with E-state index in [2.05, 4.69) is 15.5 Å². The molecule has 0 spiro atoms. The maximum absolute atomic E-state index is 11.7. The van der Waals surface area contributed by atoms with E-state index >= 15 is 0 Å². The summed E-state index contributed by atoms with van der Waals surface area (Å²) in [7, 11) is 3.14. The number of pyridine rings is 1. The number of carbonyl (C=O) groups is 1. The molecule has 1 aromatic heterocycles. The molecule has 0 aliphatic heterocycles. The van der Waals surface area contributed by atoms with Crippen LogP contribution in [0.2, 0.25) is 0 Å². The van der Waals surface area contributed by atoms with E-state index in [1.807, 2.05) is 24.3 Å². The van der Waals surface area contributed by atoms with Gasteiger partial charge in [-0.05, 0) is 35.9 Å². The monoisotopic (exact) mass is 331 g/mol. The summed E-state index contributed by atoms with van der Waals surface area (Å²) in [4.78, 5) is 15.8. The highest BCUT2D eigenvalue weighted by molar-refractivity contribution is 7.99. The van der Waals surface area contributed by atoms with Crippen molar-refractivity contribution in [2.24, 2.45) is 5.10 Å². The van der Waals surface area contributed by atoms with Crippen molar-refractivity contribution in [2.45, 2.75) is 5.03 Å². The van der Waals surface area contributed by atoms with Gasteiger partial charge >= 0.3 is 0 Å². The van der Waals surface area contributed by atoms with Crippen LogP contribution in [-0.2, 0) is 4.79 Å². The summed E-state index contributed by atoms with van der Waals surface area (Å²) in [5.41, 5.74) is 3.27. The van der Waals surface area contributed by atoms with Gasteiger partial charge in [-0.15, -0.1) is 0 Å². The van der Waals surface area contributed by atoms with Crippen molar-refractivity contribution in [1.82, 2.24) is 10.4 Å². The van der Waals surface area contributed by atoms with Crippen LogP contribution >= 0.6 is 11.8 Å². The number of methoxy groups -OCH3 is 2. The molecule has 120 valence electrons. The lowest BCUT2D eigenvalue weighted by atomic mass is 10.2. The van der Waals surface area contributed by atoms with Crippen LogP contribution in [0, 0.1) is 0 Å². The van der Waals surface area contributed by atoms with Gasteiger partial charge in [-0.25, -0.2) is 10.4 Å². The minimum Gasteiger partial charge on any atom is -0.493 e. The van der Waals surface area contributed by atoms with E-state index < -0.39 is 0 Å². The highest BCUT2D eigenvalue weighted by Crippen LogP contribution is 2.26. The molecular formula is C16H17N3O3S. The fourth-order valence-electron chi connectivity index (χ4n) is 1.72. The number of nitrogens with zero attached hydrogens (tertiary/aromatic N) is 2. The Kier molecular flexibility index (Phi) is 6.43. The number of aromatic nitrogens is 1. The fourth-order valence-corrected chi connectivity index (χ4v) is 2.37. The number of nitrogens with one attached hydrogen (secondary N) is 1. The number of hydrazone groups is 1. The SMILES string of the molecule is COc1ccc(/C=N\NC(=O)CSc2ccccn2)cc1OC. The Bertz CT molecular complexity index is 678. The summed E-state index contributed by atoms with van der Waals surface area (Å²) >= 11 is 1.35. The summed E-state index contributed by atoms with van der Waals surface area (Å²) < 4.78 is 10.4. The van der Waals surface area contributed by atoms with Crippen LogP contribution in [0.25, 0.3) is 0 Å². The molecule has 7 heteroatoms. The van der Waals surface area contributed by atoms with Crippen LogP contribution in [-0.4, -0.2) is 37.1 Å². The van der Waals surface area contributed by atoms with Crippen molar-refractivity contribution in [3.05, 3.63) is 48.2 Å². The quantitative estimate of drug-likeness (QED) is 0.479. The molecule has 0 bridgehead atoms. The zero-order chi connectivity index (χ0) is 16.5. The Morgan fingerprint density at radius 1 is 1.26 bits per heavy atom. The summed E-state index contributed by atoms with van der Waals surface area (Å²) in [5.74, 6) is 1.30. The Labute approximate surface area is 138 Å². The van der Waals surface area contributed by atoms with Crippen molar-refractivity contribution in [3.63, 3.8) is 0 Å². The molecule has 0 radical (unpaired) electrons. The van der Waals surface area contributed by atoms with E-state index in [1.165, 1.54) is 11.8 Å². The van der Waals surface area contributed by atoms with Gasteiger partial charge in [-0.2, -0.15) is 5.10 Å². The molecule has 23 heavy (non-hydrogen) atoms. The summed E-state index contributed by atoms with van der Waals surface area (Å²) in [6.07, 6.45) is 3.24. The molecular weight excluding hydrogens is 314 g/mol. The zero-order valence-electron chi connectivity index (χ0n) is 12.9. The van der Waals surface area contributed by atoms with Gasteiger partial charge in [0.15, 0.2) is 11.5 Å². The third kappa shape index (κ3) is 5.30. The highest BCUT2D eigenvalue weighted by Gasteiger charge is 2.04. The lowest BCUT2D eigenvalue weighted by Crippen LogP contribution is -2.19. The van der Waals surface area contributed by atoms with Gasteiger partial charge in [-0.1, -0.05) is 17.8 Å². The molecule has 0 aliphatic rings. The molecule has 1 heterocycles. The minimum atomic E-state index is -0.197. The maximum Gasteiger partial charge on any atom is 0.250 e. The molecule has 1 aromatic carbocycles. The standard InChI is InChI=1S/C16H17N3O3S/c1-21-13-7-6-12(9-14(13)22-2)10-18-19-15(20)11-23-16-5-3-4-8-17-16/h3-10H,11H2,1-2H3,(H,19,20)/b18-10-. The van der Waals surface area contributed by atoms with E-state index in [9.17, 15) is 4.79 Å². The lowest BCUT2D eigenvalue weighted by molar-refractivity contribution is -0.118. The fraction of sp³-hybridized carbons (Fsp3) is 0.188. The summed E-state index contributed by atoms with van der Waals surface area (Å²) in [6.45, 7) is 0. The smallest absolute Gasteiger partial charge is 0.250 e. The first-order valence-electron chi connectivity index (χ1n) is 6.80. The Morgan fingerprint density at radius 2 is 2.09 bits per heavy atom. The predicted octanol–water partition coefficient (Wildman–Crippen LogP) is 2.34. The van der Waals surface area contributed by atoms with Crippen LogP contribution in [0.4, 0.5) is 0 Å². The number of ether oxygens (including phenoxy) is 2. The van der Waals surface area contributed by atoms with Gasteiger partial charge in [0.25, 0.3) is 0 Å². The van der Waals surface area contributed by atoms with Crippen molar-refractivity contribution in [2.75, 3.05) is 20.0 Å². The van der Waals surface area contributed by atoms with Crippen LogP contribution in [0.15, 0.2) is 52.7 Å². The molecule has 0 saturated carbocycles. The first-order valence-corrected chi connectivity index (χ1v) is 7.79. The van der Waals surface area contributed by atoms with Crippen molar-refractivity contribution < 1.29 is 14.3 Å². The summed E-state index contributed by atoms with van der Waals surface area (Å²) in [6, 6.07) is 10.9. The van der Waals surface area contributed by atoms with Crippen molar-refractivity contribution in [3.8, 4) is 11.5 Å². The molecule has 2 rings (SSSR count). The molecule has 1 amide bonds. The van der Waals surface area contributed by atoms with E-state index in [-0.39, 0.29) is 11.7 Å². The third-order valence-electron chi connectivity index (χ3n) is 2.80. The number of hydrogen-bond donors (Lipinski definition) is 1. The molecule has 0 aliphatic carbocycles. The van der Waals surface area contributed by atoms with Gasteiger partial charge < -0.3 is 9.47 Å². The maximum atomic E-state index is 11.7. The number of rotatable bonds is 7. The second-order valence-corrected chi connectivity index (χ2v) is 5.36. The first kappa shape index (κ1) is 16.8. The minimum absolute atomic E-state index is 0.197. The first-order chi connectivity index (χ1) is 11.2. The van der Waals surface area contributed by atoms with E-state index in [1.54, 1.807) is 38.8 Å². The molecule has 1 N–H and O–H groups in total. The van der Waals surface area contributed by atoms with Crippen molar-refractivity contribution >= 4 is 23.9 Å². The number of thioether (sulfide) groups is 1. The van der Waals surface area contributed by atoms with Gasteiger partial charge in [0.05, 0.1) is 31.2 Å². The van der Waals surface area contributed by atoms with E-state index in [0.29, 0.717) is 11.5 Å². The second-order valence-electron chi connectivity index (χ2n) is 4.36. The Hall–Kier alpha value is -2.54. The van der Waals surface area contributed by atoms with Crippen molar-refractivity contribution in [1.29, 1.82) is 0 Å². The Morgan fingerprint density at radius 3 is 2.78 bits per heavy atom. The zero-order valence-corrected chi connectivity index (χ0v) is 13.7. The third-order valence-corrected chi connectivity index (χ3v) is 3.74. The van der Waals surface area contributed by atoms with Crippen LogP contribution in [0.1, 0.15) is 5.56 Å². The molecule has 0 atom stereocenters. The number of carbonyl (C=O) groups excluding carboxylic acids is 1. The largest absolute Gasteiger partial charge is 0.493 e. The molecule has 2 aromatic rings. The van der Waals surface area contributed by atoms with E-state index in [0.717, 1.165) is 10.6 Å². The van der Waals surface area contributed by atoms with Gasteiger partial charge in [0, 0.05) is 6.20 Å². The molecule has 6 nitrogen and oxygen atoms in total. The Balaban J connectivity index is 1.85. The normalized spacial score (nSPS) is 10.5. The highest BCUT2D eigenvalue weighted by atomic mass is 32.2. The van der Waals surface area contributed by atoms with Crippen LogP contribution < -0.4 is 14.9 Å². The number of amides is 1. The average Bonchev–Trinajstić information content (AvgIpc) is 2.60. The van der Waals surface area contributed by atoms with Gasteiger partial charge in [0.1, 0.15) is 0 Å². The van der Waals surface area contributed by atoms with Gasteiger partial charge in [-0.3, -0.25) is 4.79 Å². The number of benzene rings is 1. The second kappa shape index (κ2) is 8.79. The van der Waals surface area contributed by atoms with Crippen LogP contribution in [0.5, 0.6) is 11.5 Å². The lowest BCUT2D eigenvalue weighted by Gasteiger charge is -2.07. The summed E-state index contributed by atoms with van der Waals surface area (Å²) in [5, 5.41) is 4.73. The predicted molar refractivity (Wildman–Crippen MR) is 90.2 cm³/mol. The molecule has 0 unspecified atom stereocenters. The molecule has 0 fully saturated rings. The van der Waals surface area contributed by atoms with Crippen LogP contribution in [0.3, 0.4) is 0 Å². The molecule has 0 saturated heterocycles. The van der Waals surface area contributed by atoms with Gasteiger partial charge in [0.2, 0.25) is 5.91 Å². The number of hydrogen-bond acceptors (Lipinski definition) is 6. The van der Waals surface area contributed by atoms with E-state index in [4.69, 9.17) is 9.47 Å². The topological polar surface area (TPSA) is 72.8 Å². The average molecular weight is 331 g/mol.